The van der Waals surface area contributed by atoms with Gasteiger partial charge in [-0.25, -0.2) is 14.4 Å². The first-order chi connectivity index (χ1) is 11.1. The normalized spacial score (nSPS) is 12.1. The van der Waals surface area contributed by atoms with E-state index in [1.165, 1.54) is 12.1 Å². The fraction of sp³-hybridized carbons (Fsp3) is 0.444. The number of halogens is 1. The maximum absolute atomic E-state index is 13.4. The Morgan fingerprint density at radius 2 is 1.87 bits per heavy atom. The van der Waals surface area contributed by atoms with Crippen molar-refractivity contribution in [3.63, 3.8) is 0 Å². The van der Waals surface area contributed by atoms with Gasteiger partial charge in [-0.05, 0) is 31.0 Å². The molecule has 0 fully saturated rings. The molecule has 4 nitrogen and oxygen atoms in total. The number of aromatic hydroxyl groups is 1. The van der Waals surface area contributed by atoms with Crippen LogP contribution < -0.4 is 4.74 Å². The lowest BCUT2D eigenvalue weighted by atomic mass is 10.1. The van der Waals surface area contributed by atoms with Crippen LogP contribution in [0, 0.1) is 5.82 Å². The van der Waals surface area contributed by atoms with Crippen LogP contribution in [0.25, 0.3) is 11.4 Å². The molecule has 0 aliphatic heterocycles. The Hall–Kier alpha value is -2.17. The van der Waals surface area contributed by atoms with E-state index in [2.05, 4.69) is 23.8 Å². The molecule has 1 N–H and O–H groups in total. The monoisotopic (exact) mass is 318 g/mol. The molecular formula is C18H23FN2O2. The molecule has 0 amide bonds. The average Bonchev–Trinajstić information content (AvgIpc) is 2.56. The number of nitrogens with zero attached hydrogens (tertiary/aromatic N) is 2. The number of benzene rings is 1. The number of phenolic OH excluding ortho intramolecular Hbond substituents is 1. The summed E-state index contributed by atoms with van der Waals surface area (Å²) in [5, 5.41) is 9.22. The largest absolute Gasteiger partial charge is 0.505 e. The Labute approximate surface area is 136 Å². The average molecular weight is 318 g/mol. The number of hydrogen-bond acceptors (Lipinski definition) is 4. The fourth-order valence-electron chi connectivity index (χ4n) is 2.38. The molecule has 5 heteroatoms. The second-order valence-corrected chi connectivity index (χ2v) is 5.58. The van der Waals surface area contributed by atoms with E-state index < -0.39 is 5.82 Å². The fourth-order valence-corrected chi connectivity index (χ4v) is 2.38. The summed E-state index contributed by atoms with van der Waals surface area (Å²) >= 11 is 0. The zero-order chi connectivity index (χ0) is 16.7. The van der Waals surface area contributed by atoms with E-state index in [0.717, 1.165) is 32.1 Å². The Morgan fingerprint density at radius 1 is 1.13 bits per heavy atom. The summed E-state index contributed by atoms with van der Waals surface area (Å²) in [5.74, 6) is -0.0413. The van der Waals surface area contributed by atoms with E-state index in [1.807, 2.05) is 0 Å². The van der Waals surface area contributed by atoms with Gasteiger partial charge in [-0.15, -0.1) is 0 Å². The van der Waals surface area contributed by atoms with Crippen LogP contribution >= 0.6 is 0 Å². The van der Waals surface area contributed by atoms with E-state index in [0.29, 0.717) is 17.1 Å². The van der Waals surface area contributed by atoms with Gasteiger partial charge in [0.1, 0.15) is 0 Å². The van der Waals surface area contributed by atoms with Crippen LogP contribution in [-0.4, -0.2) is 21.2 Å². The number of phenols is 1. The molecule has 2 rings (SSSR count). The molecule has 0 radical (unpaired) electrons. The summed E-state index contributed by atoms with van der Waals surface area (Å²) in [6, 6.07) is 4.09. The molecule has 1 aromatic carbocycles. The summed E-state index contributed by atoms with van der Waals surface area (Å²) in [7, 11) is 0. The minimum Gasteiger partial charge on any atom is -0.505 e. The predicted molar refractivity (Wildman–Crippen MR) is 87.9 cm³/mol. The lowest BCUT2D eigenvalue weighted by Gasteiger charge is -2.18. The second kappa shape index (κ2) is 8.46. The van der Waals surface area contributed by atoms with Gasteiger partial charge in [0.15, 0.2) is 23.1 Å². The van der Waals surface area contributed by atoms with Crippen molar-refractivity contribution in [3.8, 4) is 22.9 Å². The quantitative estimate of drug-likeness (QED) is 0.764. The van der Waals surface area contributed by atoms with Crippen LogP contribution in [0.4, 0.5) is 4.39 Å². The smallest absolute Gasteiger partial charge is 0.165 e. The number of hydrogen-bond donors (Lipinski definition) is 1. The molecular weight excluding hydrogens is 295 g/mol. The van der Waals surface area contributed by atoms with E-state index >= 15 is 0 Å². The number of rotatable bonds is 8. The molecule has 1 atom stereocenters. The molecule has 0 saturated carbocycles. The van der Waals surface area contributed by atoms with E-state index in [9.17, 15) is 9.50 Å². The topological polar surface area (TPSA) is 55.2 Å². The van der Waals surface area contributed by atoms with E-state index in [-0.39, 0.29) is 11.9 Å². The van der Waals surface area contributed by atoms with Crippen LogP contribution in [0.5, 0.6) is 11.5 Å². The maximum Gasteiger partial charge on any atom is 0.165 e. The Bertz CT molecular complexity index is 617. The first-order valence-corrected chi connectivity index (χ1v) is 8.11. The van der Waals surface area contributed by atoms with Gasteiger partial charge in [0.05, 0.1) is 18.5 Å². The van der Waals surface area contributed by atoms with Gasteiger partial charge in [-0.2, -0.15) is 0 Å². The minimum atomic E-state index is -0.686. The van der Waals surface area contributed by atoms with Crippen molar-refractivity contribution in [1.29, 1.82) is 0 Å². The van der Waals surface area contributed by atoms with Crippen molar-refractivity contribution in [2.24, 2.45) is 0 Å². The molecule has 1 heterocycles. The van der Waals surface area contributed by atoms with Crippen molar-refractivity contribution >= 4 is 0 Å². The molecule has 2 aromatic rings. The van der Waals surface area contributed by atoms with Gasteiger partial charge < -0.3 is 9.84 Å². The van der Waals surface area contributed by atoms with E-state index in [1.54, 1.807) is 18.5 Å². The van der Waals surface area contributed by atoms with Crippen LogP contribution in [0.3, 0.4) is 0 Å². The van der Waals surface area contributed by atoms with Crippen LogP contribution in [0.1, 0.15) is 46.0 Å². The summed E-state index contributed by atoms with van der Waals surface area (Å²) in [6.45, 7) is 4.30. The standard InChI is InChI=1S/C18H23FN2O2/c1-3-5-7-14(6-4-2)23-15-11-20-18(21-12-15)13-8-9-17(22)16(19)10-13/h8-12,14,22H,3-7H2,1-2H3. The number of unbranched alkanes of at least 4 members (excludes halogenated alkanes) is 1. The van der Waals surface area contributed by atoms with Gasteiger partial charge in [0.2, 0.25) is 0 Å². The van der Waals surface area contributed by atoms with Crippen molar-refractivity contribution in [1.82, 2.24) is 9.97 Å². The van der Waals surface area contributed by atoms with Crippen LogP contribution in [0.15, 0.2) is 30.6 Å². The zero-order valence-corrected chi connectivity index (χ0v) is 13.6. The second-order valence-electron chi connectivity index (χ2n) is 5.58. The summed E-state index contributed by atoms with van der Waals surface area (Å²) in [4.78, 5) is 8.46. The van der Waals surface area contributed by atoms with Crippen molar-refractivity contribution in [2.45, 2.75) is 52.1 Å². The third kappa shape index (κ3) is 4.91. The molecule has 1 aromatic heterocycles. The van der Waals surface area contributed by atoms with E-state index in [4.69, 9.17) is 4.74 Å². The van der Waals surface area contributed by atoms with Crippen molar-refractivity contribution in [3.05, 3.63) is 36.4 Å². The third-order valence-corrected chi connectivity index (χ3v) is 3.63. The lowest BCUT2D eigenvalue weighted by Crippen LogP contribution is -2.16. The summed E-state index contributed by atoms with van der Waals surface area (Å²) < 4.78 is 19.3. The summed E-state index contributed by atoms with van der Waals surface area (Å²) in [5.41, 5.74) is 0.517. The SMILES string of the molecule is CCCCC(CCC)Oc1cnc(-c2ccc(O)c(F)c2)nc1. The predicted octanol–water partition coefficient (Wildman–Crippen LogP) is 4.73. The highest BCUT2D eigenvalue weighted by Gasteiger charge is 2.11. The van der Waals surface area contributed by atoms with Crippen molar-refractivity contribution in [2.75, 3.05) is 0 Å². The highest BCUT2D eigenvalue weighted by atomic mass is 19.1. The molecule has 0 spiro atoms. The highest BCUT2D eigenvalue weighted by molar-refractivity contribution is 5.56. The minimum absolute atomic E-state index is 0.181. The number of aromatic nitrogens is 2. The van der Waals surface area contributed by atoms with Gasteiger partial charge in [0.25, 0.3) is 0 Å². The lowest BCUT2D eigenvalue weighted by molar-refractivity contribution is 0.175. The first kappa shape index (κ1) is 17.2. The van der Waals surface area contributed by atoms with Crippen LogP contribution in [0.2, 0.25) is 0 Å². The Balaban J connectivity index is 2.07. The summed E-state index contributed by atoms with van der Waals surface area (Å²) in [6.07, 6.45) is 8.78. The van der Waals surface area contributed by atoms with Gasteiger partial charge in [-0.1, -0.05) is 33.1 Å². The van der Waals surface area contributed by atoms with Crippen molar-refractivity contribution < 1.29 is 14.2 Å². The molecule has 0 bridgehead atoms. The third-order valence-electron chi connectivity index (χ3n) is 3.63. The zero-order valence-electron chi connectivity index (χ0n) is 13.6. The maximum atomic E-state index is 13.4. The molecule has 0 aliphatic carbocycles. The Morgan fingerprint density at radius 3 is 2.48 bits per heavy atom. The molecule has 0 aliphatic rings. The van der Waals surface area contributed by atoms with Gasteiger partial charge in [0, 0.05) is 5.56 Å². The molecule has 0 saturated heterocycles. The van der Waals surface area contributed by atoms with Gasteiger partial charge >= 0.3 is 0 Å². The molecule has 124 valence electrons. The number of ether oxygens (including phenoxy) is 1. The Kier molecular flexibility index (Phi) is 6.32. The molecule has 23 heavy (non-hydrogen) atoms. The molecule has 1 unspecified atom stereocenters. The van der Waals surface area contributed by atoms with Gasteiger partial charge in [-0.3, -0.25) is 0 Å². The first-order valence-electron chi connectivity index (χ1n) is 8.11. The highest BCUT2D eigenvalue weighted by Crippen LogP contribution is 2.23. The van der Waals surface area contributed by atoms with Crippen LogP contribution in [-0.2, 0) is 0 Å².